The quantitative estimate of drug-likeness (QED) is 0.603. The minimum absolute atomic E-state index is 0.0957. The molecule has 6 heteroatoms. The number of nitrogens with one attached hydrogen (secondary N) is 1. The molecule has 168 valence electrons. The molecule has 0 unspecified atom stereocenters. The summed E-state index contributed by atoms with van der Waals surface area (Å²) >= 11 is 0. The normalized spacial score (nSPS) is 14.3. The molecule has 0 spiro atoms. The van der Waals surface area contributed by atoms with Gasteiger partial charge in [-0.25, -0.2) is 0 Å². The molecular weight excluding hydrogens is 404 g/mol. The Balaban J connectivity index is 1.72. The maximum Gasteiger partial charge on any atom is 0.254 e. The summed E-state index contributed by atoms with van der Waals surface area (Å²) in [6.07, 6.45) is 5.26. The Bertz CT molecular complexity index is 1180. The average molecular weight is 435 g/mol. The minimum atomic E-state index is -0.146. The van der Waals surface area contributed by atoms with Crippen molar-refractivity contribution in [1.29, 1.82) is 0 Å². The van der Waals surface area contributed by atoms with E-state index in [1.165, 1.54) is 6.42 Å². The Morgan fingerprint density at radius 2 is 1.78 bits per heavy atom. The number of aromatic nitrogens is 1. The Morgan fingerprint density at radius 3 is 2.50 bits per heavy atom. The van der Waals surface area contributed by atoms with Crippen LogP contribution in [0.4, 0.5) is 0 Å². The van der Waals surface area contributed by atoms with Crippen LogP contribution in [0.25, 0.3) is 10.9 Å². The molecule has 1 fully saturated rings. The second-order valence-electron chi connectivity index (χ2n) is 8.46. The van der Waals surface area contributed by atoms with Gasteiger partial charge in [0.15, 0.2) is 11.5 Å². The number of H-pyrrole nitrogens is 1. The third kappa shape index (κ3) is 4.35. The molecule has 32 heavy (non-hydrogen) atoms. The highest BCUT2D eigenvalue weighted by Crippen LogP contribution is 2.30. The lowest BCUT2D eigenvalue weighted by molar-refractivity contribution is 0.0613. The fourth-order valence-electron chi connectivity index (χ4n) is 4.62. The van der Waals surface area contributed by atoms with E-state index in [1.807, 2.05) is 36.1 Å². The van der Waals surface area contributed by atoms with Gasteiger partial charge in [0.05, 0.1) is 26.3 Å². The number of rotatable bonds is 6. The van der Waals surface area contributed by atoms with Crippen molar-refractivity contribution >= 4 is 16.8 Å². The van der Waals surface area contributed by atoms with Crippen LogP contribution in [0, 0.1) is 6.92 Å². The zero-order valence-corrected chi connectivity index (χ0v) is 18.9. The van der Waals surface area contributed by atoms with Crippen LogP contribution in [0.5, 0.6) is 11.5 Å². The molecule has 4 rings (SSSR count). The van der Waals surface area contributed by atoms with E-state index < -0.39 is 0 Å². The highest BCUT2D eigenvalue weighted by Gasteiger charge is 2.28. The first-order valence-electron chi connectivity index (χ1n) is 11.2. The lowest BCUT2D eigenvalue weighted by atomic mass is 9.93. The number of aromatic amines is 1. The lowest BCUT2D eigenvalue weighted by Gasteiger charge is -2.34. The molecule has 0 radical (unpaired) electrons. The number of ether oxygens (including phenoxy) is 2. The standard InChI is InChI=1S/C26H30N2O4/c1-17-8-7-9-18-14-20(25(29)27-24(17)18)16-28(21-10-5-4-6-11-21)26(30)19-12-13-22(31-2)23(15-19)32-3/h7-9,12-15,21H,4-6,10-11,16H2,1-3H3,(H,27,29). The summed E-state index contributed by atoms with van der Waals surface area (Å²) in [6, 6.07) is 13.2. The number of nitrogens with zero attached hydrogens (tertiary/aromatic N) is 1. The maximum atomic E-state index is 13.7. The number of amides is 1. The number of fused-ring (bicyclic) bond motifs is 1. The van der Waals surface area contributed by atoms with Crippen molar-refractivity contribution < 1.29 is 14.3 Å². The van der Waals surface area contributed by atoms with Gasteiger partial charge in [-0.3, -0.25) is 9.59 Å². The zero-order chi connectivity index (χ0) is 22.7. The van der Waals surface area contributed by atoms with Crippen molar-refractivity contribution in [2.24, 2.45) is 0 Å². The molecule has 1 saturated carbocycles. The van der Waals surface area contributed by atoms with Gasteiger partial charge in [-0.05, 0) is 55.0 Å². The summed E-state index contributed by atoms with van der Waals surface area (Å²) in [4.78, 5) is 31.5. The molecule has 0 atom stereocenters. The van der Waals surface area contributed by atoms with E-state index in [0.29, 0.717) is 22.6 Å². The van der Waals surface area contributed by atoms with Crippen LogP contribution < -0.4 is 15.0 Å². The Morgan fingerprint density at radius 1 is 1.03 bits per heavy atom. The van der Waals surface area contributed by atoms with E-state index in [0.717, 1.165) is 42.1 Å². The molecule has 2 aromatic carbocycles. The number of methoxy groups -OCH3 is 2. The monoisotopic (exact) mass is 434 g/mol. The van der Waals surface area contributed by atoms with E-state index in [-0.39, 0.29) is 24.1 Å². The molecule has 1 heterocycles. The summed E-state index contributed by atoms with van der Waals surface area (Å²) in [7, 11) is 3.13. The van der Waals surface area contributed by atoms with Gasteiger partial charge in [0.25, 0.3) is 11.5 Å². The molecule has 1 aromatic heterocycles. The largest absolute Gasteiger partial charge is 0.493 e. The molecule has 6 nitrogen and oxygen atoms in total. The third-order valence-corrected chi connectivity index (χ3v) is 6.41. The predicted octanol–water partition coefficient (Wildman–Crippen LogP) is 4.83. The van der Waals surface area contributed by atoms with E-state index in [9.17, 15) is 9.59 Å². The second-order valence-corrected chi connectivity index (χ2v) is 8.46. The highest BCUT2D eigenvalue weighted by molar-refractivity contribution is 5.95. The smallest absolute Gasteiger partial charge is 0.254 e. The first-order valence-corrected chi connectivity index (χ1v) is 11.2. The molecule has 0 saturated heterocycles. The van der Waals surface area contributed by atoms with Gasteiger partial charge in [0, 0.05) is 17.2 Å². The summed E-state index contributed by atoms with van der Waals surface area (Å²) < 4.78 is 10.7. The van der Waals surface area contributed by atoms with E-state index >= 15 is 0 Å². The predicted molar refractivity (Wildman–Crippen MR) is 126 cm³/mol. The van der Waals surface area contributed by atoms with Crippen molar-refractivity contribution in [3.05, 3.63) is 69.5 Å². The van der Waals surface area contributed by atoms with Crippen LogP contribution in [-0.4, -0.2) is 36.1 Å². The van der Waals surface area contributed by atoms with Crippen LogP contribution in [0.2, 0.25) is 0 Å². The fraction of sp³-hybridized carbons (Fsp3) is 0.385. The van der Waals surface area contributed by atoms with Crippen LogP contribution in [-0.2, 0) is 6.54 Å². The number of pyridine rings is 1. The summed E-state index contributed by atoms with van der Waals surface area (Å²) in [5, 5.41) is 0.974. The van der Waals surface area contributed by atoms with Gasteiger partial charge in [-0.2, -0.15) is 0 Å². The molecule has 1 aliphatic carbocycles. The highest BCUT2D eigenvalue weighted by atomic mass is 16.5. The molecule has 1 amide bonds. The van der Waals surface area contributed by atoms with Gasteiger partial charge in [-0.15, -0.1) is 0 Å². The van der Waals surface area contributed by atoms with Crippen molar-refractivity contribution in [3.8, 4) is 11.5 Å². The van der Waals surface area contributed by atoms with Crippen LogP contribution >= 0.6 is 0 Å². The number of benzene rings is 2. The molecule has 0 aliphatic heterocycles. The number of aryl methyl sites for hydroxylation is 1. The summed E-state index contributed by atoms with van der Waals surface area (Å²) in [5.74, 6) is 0.997. The van der Waals surface area contributed by atoms with E-state index in [4.69, 9.17) is 9.47 Å². The van der Waals surface area contributed by atoms with Gasteiger partial charge >= 0.3 is 0 Å². The third-order valence-electron chi connectivity index (χ3n) is 6.41. The topological polar surface area (TPSA) is 71.6 Å². The Hall–Kier alpha value is -3.28. The fourth-order valence-corrected chi connectivity index (χ4v) is 4.62. The SMILES string of the molecule is COc1ccc(C(=O)N(Cc2cc3cccc(C)c3[nH]c2=O)C2CCCCC2)cc1OC. The number of para-hydroxylation sites is 1. The molecule has 0 bridgehead atoms. The number of hydrogen-bond acceptors (Lipinski definition) is 4. The number of carbonyl (C=O) groups excluding carboxylic acids is 1. The summed E-state index contributed by atoms with van der Waals surface area (Å²) in [5.41, 5.74) is 2.85. The molecule has 1 aliphatic rings. The zero-order valence-electron chi connectivity index (χ0n) is 18.9. The number of hydrogen-bond donors (Lipinski definition) is 1. The average Bonchev–Trinajstić information content (AvgIpc) is 2.83. The van der Waals surface area contributed by atoms with Gasteiger partial charge < -0.3 is 19.4 Å². The Kier molecular flexibility index (Phi) is 6.49. The first-order chi connectivity index (χ1) is 15.5. The lowest BCUT2D eigenvalue weighted by Crippen LogP contribution is -2.42. The van der Waals surface area contributed by atoms with Gasteiger partial charge in [-0.1, -0.05) is 37.5 Å². The second kappa shape index (κ2) is 9.47. The van der Waals surface area contributed by atoms with E-state index in [2.05, 4.69) is 4.98 Å². The Labute approximate surface area is 188 Å². The van der Waals surface area contributed by atoms with E-state index in [1.54, 1.807) is 32.4 Å². The maximum absolute atomic E-state index is 13.7. The first kappa shape index (κ1) is 21.9. The van der Waals surface area contributed by atoms with Crippen molar-refractivity contribution in [2.75, 3.05) is 14.2 Å². The summed E-state index contributed by atoms with van der Waals surface area (Å²) in [6.45, 7) is 2.25. The molecule has 1 N–H and O–H groups in total. The number of carbonyl (C=O) groups is 1. The van der Waals surface area contributed by atoms with Gasteiger partial charge in [0.1, 0.15) is 0 Å². The van der Waals surface area contributed by atoms with Crippen molar-refractivity contribution in [3.63, 3.8) is 0 Å². The van der Waals surface area contributed by atoms with Crippen LogP contribution in [0.3, 0.4) is 0 Å². The molecular formula is C26H30N2O4. The van der Waals surface area contributed by atoms with Crippen LogP contribution in [0.15, 0.2) is 47.3 Å². The molecule has 3 aromatic rings. The van der Waals surface area contributed by atoms with Gasteiger partial charge in [0.2, 0.25) is 0 Å². The van der Waals surface area contributed by atoms with Crippen molar-refractivity contribution in [1.82, 2.24) is 9.88 Å². The van der Waals surface area contributed by atoms with Crippen LogP contribution in [0.1, 0.15) is 53.6 Å². The minimum Gasteiger partial charge on any atom is -0.493 e. The van der Waals surface area contributed by atoms with Crippen molar-refractivity contribution in [2.45, 2.75) is 51.6 Å².